The molecule has 3 nitrogen and oxygen atoms in total. The molecule has 86 valence electrons. The van der Waals surface area contributed by atoms with Gasteiger partial charge in [0, 0.05) is 11.6 Å². The summed E-state index contributed by atoms with van der Waals surface area (Å²) in [5, 5.41) is 8.41. The summed E-state index contributed by atoms with van der Waals surface area (Å²) in [4.78, 5) is 10.3. The molecule has 0 heterocycles. The highest BCUT2D eigenvalue weighted by Gasteiger charge is 2.12. The Balaban J connectivity index is 3.12. The van der Waals surface area contributed by atoms with Crippen LogP contribution < -0.4 is 4.74 Å². The van der Waals surface area contributed by atoms with Crippen molar-refractivity contribution in [2.24, 2.45) is 0 Å². The SMILES string of the molecule is COc1ccc(/C=C/C(=O)O)c(C(F)F)c1. The number of hydrogen-bond donors (Lipinski definition) is 1. The zero-order valence-electron chi connectivity index (χ0n) is 8.48. The first kappa shape index (κ1) is 12.2. The minimum atomic E-state index is -2.68. The van der Waals surface area contributed by atoms with E-state index in [1.807, 2.05) is 0 Å². The van der Waals surface area contributed by atoms with Gasteiger partial charge in [-0.15, -0.1) is 0 Å². The van der Waals surface area contributed by atoms with E-state index in [-0.39, 0.29) is 11.1 Å². The van der Waals surface area contributed by atoms with Gasteiger partial charge in [-0.25, -0.2) is 13.6 Å². The lowest BCUT2D eigenvalue weighted by molar-refractivity contribution is -0.131. The first-order valence-electron chi connectivity index (χ1n) is 4.41. The molecule has 16 heavy (non-hydrogen) atoms. The maximum Gasteiger partial charge on any atom is 0.328 e. The average molecular weight is 228 g/mol. The number of ether oxygens (including phenoxy) is 1. The van der Waals surface area contributed by atoms with Crippen LogP contribution in [0.2, 0.25) is 0 Å². The zero-order valence-corrected chi connectivity index (χ0v) is 8.48. The van der Waals surface area contributed by atoms with E-state index in [4.69, 9.17) is 9.84 Å². The third-order valence-electron chi connectivity index (χ3n) is 1.93. The number of methoxy groups -OCH3 is 1. The van der Waals surface area contributed by atoms with Crippen molar-refractivity contribution < 1.29 is 23.4 Å². The Kier molecular flexibility index (Phi) is 3.99. The normalized spacial score (nSPS) is 11.0. The number of alkyl halides is 2. The standard InChI is InChI=1S/C11H10F2O3/c1-16-8-4-2-7(3-5-10(14)15)9(6-8)11(12)13/h2-6,11H,1H3,(H,14,15)/b5-3+. The van der Waals surface area contributed by atoms with Crippen LogP contribution in [0, 0.1) is 0 Å². The highest BCUT2D eigenvalue weighted by molar-refractivity contribution is 5.85. The monoisotopic (exact) mass is 228 g/mol. The van der Waals surface area contributed by atoms with E-state index in [2.05, 4.69) is 0 Å². The van der Waals surface area contributed by atoms with Crippen LogP contribution in [0.25, 0.3) is 6.08 Å². The lowest BCUT2D eigenvalue weighted by Gasteiger charge is -2.07. The van der Waals surface area contributed by atoms with Crippen molar-refractivity contribution >= 4 is 12.0 Å². The Morgan fingerprint density at radius 2 is 2.19 bits per heavy atom. The van der Waals surface area contributed by atoms with Crippen LogP contribution in [0.3, 0.4) is 0 Å². The van der Waals surface area contributed by atoms with Gasteiger partial charge in [0.25, 0.3) is 6.43 Å². The molecule has 0 fully saturated rings. The molecule has 0 aromatic heterocycles. The molecule has 1 N–H and O–H groups in total. The number of carboxylic acid groups (broad SMARTS) is 1. The molecule has 0 aliphatic heterocycles. The van der Waals surface area contributed by atoms with Gasteiger partial charge in [0.15, 0.2) is 0 Å². The Labute approximate surface area is 91.0 Å². The first-order chi connectivity index (χ1) is 7.54. The molecule has 0 amide bonds. The summed E-state index contributed by atoms with van der Waals surface area (Å²) < 4.78 is 30.1. The van der Waals surface area contributed by atoms with Gasteiger partial charge in [-0.1, -0.05) is 6.07 Å². The van der Waals surface area contributed by atoms with E-state index in [1.165, 1.54) is 25.3 Å². The Hall–Kier alpha value is -1.91. The smallest absolute Gasteiger partial charge is 0.328 e. The second-order valence-electron chi connectivity index (χ2n) is 2.97. The summed E-state index contributed by atoms with van der Waals surface area (Å²) in [6.07, 6.45) is -0.736. The third kappa shape index (κ3) is 3.05. The number of hydrogen-bond acceptors (Lipinski definition) is 2. The van der Waals surface area contributed by atoms with E-state index >= 15 is 0 Å². The number of rotatable bonds is 4. The van der Waals surface area contributed by atoms with Crippen molar-refractivity contribution in [3.63, 3.8) is 0 Å². The van der Waals surface area contributed by atoms with Crippen LogP contribution in [0.1, 0.15) is 17.6 Å². The fourth-order valence-corrected chi connectivity index (χ4v) is 1.18. The van der Waals surface area contributed by atoms with Crippen LogP contribution in [0.5, 0.6) is 5.75 Å². The molecular weight excluding hydrogens is 218 g/mol. The third-order valence-corrected chi connectivity index (χ3v) is 1.93. The van der Waals surface area contributed by atoms with Crippen LogP contribution in [-0.2, 0) is 4.79 Å². The molecule has 0 spiro atoms. The summed E-state index contributed by atoms with van der Waals surface area (Å²) >= 11 is 0. The topological polar surface area (TPSA) is 46.5 Å². The van der Waals surface area contributed by atoms with Crippen LogP contribution in [-0.4, -0.2) is 18.2 Å². The first-order valence-corrected chi connectivity index (χ1v) is 4.41. The molecule has 1 rings (SSSR count). The molecule has 0 atom stereocenters. The second-order valence-corrected chi connectivity index (χ2v) is 2.97. The van der Waals surface area contributed by atoms with Crippen molar-refractivity contribution in [1.82, 2.24) is 0 Å². The fraction of sp³-hybridized carbons (Fsp3) is 0.182. The largest absolute Gasteiger partial charge is 0.497 e. The number of aliphatic carboxylic acids is 1. The Morgan fingerprint density at radius 1 is 1.50 bits per heavy atom. The van der Waals surface area contributed by atoms with Crippen molar-refractivity contribution in [2.75, 3.05) is 7.11 Å². The molecule has 0 unspecified atom stereocenters. The molecule has 0 aliphatic rings. The van der Waals surface area contributed by atoms with Crippen molar-refractivity contribution in [1.29, 1.82) is 0 Å². The van der Waals surface area contributed by atoms with E-state index in [0.717, 1.165) is 12.2 Å². The molecule has 0 saturated carbocycles. The number of benzene rings is 1. The number of carbonyl (C=O) groups is 1. The number of halogens is 2. The molecule has 0 bridgehead atoms. The van der Waals surface area contributed by atoms with Gasteiger partial charge in [0.2, 0.25) is 0 Å². The number of carboxylic acids is 1. The van der Waals surface area contributed by atoms with E-state index in [1.54, 1.807) is 0 Å². The lowest BCUT2D eigenvalue weighted by atomic mass is 10.1. The van der Waals surface area contributed by atoms with Crippen LogP contribution in [0.15, 0.2) is 24.3 Å². The molecule has 0 aliphatic carbocycles. The molecule has 1 aromatic rings. The molecular formula is C11H10F2O3. The van der Waals surface area contributed by atoms with Gasteiger partial charge in [0.1, 0.15) is 5.75 Å². The van der Waals surface area contributed by atoms with Gasteiger partial charge in [-0.3, -0.25) is 0 Å². The maximum atomic E-state index is 12.6. The predicted octanol–water partition coefficient (Wildman–Crippen LogP) is 2.73. The van der Waals surface area contributed by atoms with Crippen LogP contribution in [0.4, 0.5) is 8.78 Å². The van der Waals surface area contributed by atoms with E-state index in [0.29, 0.717) is 5.75 Å². The highest BCUT2D eigenvalue weighted by Crippen LogP contribution is 2.27. The minimum absolute atomic E-state index is 0.165. The summed E-state index contributed by atoms with van der Waals surface area (Å²) in [5.41, 5.74) is -0.0879. The van der Waals surface area contributed by atoms with E-state index in [9.17, 15) is 13.6 Å². The van der Waals surface area contributed by atoms with Crippen molar-refractivity contribution in [2.45, 2.75) is 6.43 Å². The van der Waals surface area contributed by atoms with Crippen molar-refractivity contribution in [3.8, 4) is 5.75 Å². The van der Waals surface area contributed by atoms with Crippen LogP contribution >= 0.6 is 0 Å². The quantitative estimate of drug-likeness (QED) is 0.806. The summed E-state index contributed by atoms with van der Waals surface area (Å²) in [6.45, 7) is 0. The fourth-order valence-electron chi connectivity index (χ4n) is 1.18. The predicted molar refractivity (Wildman–Crippen MR) is 54.6 cm³/mol. The van der Waals surface area contributed by atoms with Crippen molar-refractivity contribution in [3.05, 3.63) is 35.4 Å². The molecule has 0 saturated heterocycles. The average Bonchev–Trinajstić information content (AvgIpc) is 2.25. The Bertz CT molecular complexity index is 414. The summed E-state index contributed by atoms with van der Waals surface area (Å²) in [5.74, 6) is -0.876. The van der Waals surface area contributed by atoms with Gasteiger partial charge < -0.3 is 9.84 Å². The second kappa shape index (κ2) is 5.25. The molecule has 0 radical (unpaired) electrons. The minimum Gasteiger partial charge on any atom is -0.497 e. The zero-order chi connectivity index (χ0) is 12.1. The summed E-state index contributed by atoms with van der Waals surface area (Å²) in [6, 6.07) is 4.07. The maximum absolute atomic E-state index is 12.6. The molecule has 1 aromatic carbocycles. The van der Waals surface area contributed by atoms with Gasteiger partial charge in [-0.05, 0) is 23.8 Å². The summed E-state index contributed by atoms with van der Waals surface area (Å²) in [7, 11) is 1.37. The van der Waals surface area contributed by atoms with Gasteiger partial charge >= 0.3 is 5.97 Å². The van der Waals surface area contributed by atoms with E-state index < -0.39 is 12.4 Å². The van der Waals surface area contributed by atoms with Gasteiger partial charge in [0.05, 0.1) is 7.11 Å². The van der Waals surface area contributed by atoms with Gasteiger partial charge in [-0.2, -0.15) is 0 Å². The lowest BCUT2D eigenvalue weighted by Crippen LogP contribution is -1.93. The molecule has 5 heteroatoms. The highest BCUT2D eigenvalue weighted by atomic mass is 19.3. The Morgan fingerprint density at radius 3 is 2.69 bits per heavy atom.